The van der Waals surface area contributed by atoms with Gasteiger partial charge in [0.2, 0.25) is 0 Å². The second-order valence-electron chi connectivity index (χ2n) is 22.9. The summed E-state index contributed by atoms with van der Waals surface area (Å²) in [6.45, 7) is 1.47. The fourth-order valence-corrected chi connectivity index (χ4v) is 18.7. The molecule has 2 unspecified atom stereocenters. The van der Waals surface area contributed by atoms with E-state index < -0.39 is 170 Å². The molecule has 0 saturated carbocycles. The average molecular weight is 1610 g/mol. The fraction of sp³-hybridized carbons (Fsp3) is 0.0469. The summed E-state index contributed by atoms with van der Waals surface area (Å²) in [7, 11) is -41.1. The zero-order valence-corrected chi connectivity index (χ0v) is 60.3. The molecule has 10 N–H and O–H groups in total. The van der Waals surface area contributed by atoms with Crippen LogP contribution in [0.15, 0.2) is 247 Å². The first kappa shape index (κ1) is 74.9. The Morgan fingerprint density at radius 3 is 1.44 bits per heavy atom. The van der Waals surface area contributed by atoms with Gasteiger partial charge >= 0.3 is 0 Å². The Balaban J connectivity index is 0.989. The maximum atomic E-state index is 15.2. The van der Waals surface area contributed by atoms with Gasteiger partial charge in [0, 0.05) is 49.4 Å². The van der Waals surface area contributed by atoms with Crippen LogP contribution >= 0.6 is 11.8 Å². The van der Waals surface area contributed by atoms with E-state index in [1.807, 2.05) is 16.9 Å². The van der Waals surface area contributed by atoms with E-state index >= 15 is 8.42 Å². The molecule has 2 atom stereocenters. The van der Waals surface area contributed by atoms with Gasteiger partial charge in [0.15, 0.2) is 11.6 Å². The number of fused-ring (bicyclic) bond motifs is 4. The average Bonchev–Trinajstić information content (AvgIpc) is 0.879. The van der Waals surface area contributed by atoms with Crippen LogP contribution in [-0.2, 0) is 80.8 Å². The monoisotopic (exact) mass is 1610 g/mol. The van der Waals surface area contributed by atoms with Crippen molar-refractivity contribution in [1.82, 2.24) is 4.98 Å². The third-order valence-corrected chi connectivity index (χ3v) is 25.3. The summed E-state index contributed by atoms with van der Waals surface area (Å²) in [5.41, 5.74) is -0.983. The van der Waals surface area contributed by atoms with E-state index in [1.165, 1.54) is 37.3 Å². The van der Waals surface area contributed by atoms with Crippen molar-refractivity contribution in [3.05, 3.63) is 204 Å². The van der Waals surface area contributed by atoms with Gasteiger partial charge in [-0.1, -0.05) is 78.5 Å². The van der Waals surface area contributed by atoms with Crippen molar-refractivity contribution < 1.29 is 94.7 Å². The molecule has 33 nitrogen and oxygen atoms in total. The predicted molar refractivity (Wildman–Crippen MR) is 386 cm³/mol. The molecule has 12 rings (SSSR count). The van der Waals surface area contributed by atoms with E-state index in [0.29, 0.717) is 29.1 Å². The van der Waals surface area contributed by atoms with Gasteiger partial charge in [-0.2, -0.15) is 76.4 Å². The van der Waals surface area contributed by atoms with Gasteiger partial charge in [-0.15, -0.1) is 5.11 Å². The van der Waals surface area contributed by atoms with Crippen molar-refractivity contribution in [2.75, 3.05) is 20.1 Å². The van der Waals surface area contributed by atoms with Crippen molar-refractivity contribution in [3.63, 3.8) is 0 Å². The van der Waals surface area contributed by atoms with Crippen molar-refractivity contribution in [2.45, 2.75) is 51.5 Å². The Morgan fingerprint density at radius 2 is 0.934 bits per heavy atom. The molecule has 2 heterocycles. The second-order valence-corrected chi connectivity index (χ2v) is 35.8. The number of benzene rings is 10. The number of nitrogens with zero attached hydrogens (tertiary/aromatic N) is 7. The van der Waals surface area contributed by atoms with Crippen LogP contribution in [0.25, 0.3) is 48.7 Å². The number of anilines is 6. The van der Waals surface area contributed by atoms with Crippen molar-refractivity contribution in [1.29, 1.82) is 10.5 Å². The van der Waals surface area contributed by atoms with Gasteiger partial charge < -0.3 is 10.6 Å². The summed E-state index contributed by atoms with van der Waals surface area (Å²) in [4.78, 5) is -2.30. The Bertz CT molecular complexity index is 6820. The molecule has 0 aliphatic carbocycles. The molecule has 542 valence electrons. The molecule has 0 bridgehead atoms. The maximum Gasteiger partial charge on any atom is 0.295 e. The molecule has 0 fully saturated rings. The minimum Gasteiger partial charge on any atom is -0.339 e. The van der Waals surface area contributed by atoms with Gasteiger partial charge in [-0.3, -0.25) is 36.8 Å². The van der Waals surface area contributed by atoms with E-state index in [2.05, 4.69) is 46.9 Å². The zero-order valence-electron chi connectivity index (χ0n) is 53.0. The van der Waals surface area contributed by atoms with Crippen molar-refractivity contribution in [2.24, 2.45) is 26.4 Å². The number of rotatable bonds is 21. The lowest BCUT2D eigenvalue weighted by Crippen LogP contribution is -2.17. The summed E-state index contributed by atoms with van der Waals surface area (Å²) in [5.74, 6) is -1.54. The number of hydrogen-bond acceptors (Lipinski definition) is 26. The lowest BCUT2D eigenvalue weighted by Gasteiger charge is -2.17. The molecule has 42 heteroatoms. The predicted octanol–water partition coefficient (Wildman–Crippen LogP) is 11.9. The minimum absolute atomic E-state index is 0.00191. The number of thioether (sulfide) groups is 1. The maximum absolute atomic E-state index is 15.2. The molecular formula is C64H45N11O22S9. The van der Waals surface area contributed by atoms with Gasteiger partial charge in [-0.25, -0.2) is 21.8 Å². The Morgan fingerprint density at radius 1 is 0.425 bits per heavy atom. The van der Waals surface area contributed by atoms with E-state index in [0.717, 1.165) is 108 Å². The Kier molecular flexibility index (Phi) is 19.5. The topological polar surface area (TPSA) is 553 Å². The van der Waals surface area contributed by atoms with Crippen LogP contribution in [0.3, 0.4) is 0 Å². The fourth-order valence-electron chi connectivity index (χ4n) is 11.3. The van der Waals surface area contributed by atoms with Crippen molar-refractivity contribution >= 4 is 187 Å². The third-order valence-electron chi connectivity index (χ3n) is 16.1. The number of hydrogen-bond donors (Lipinski definition) is 10. The lowest BCUT2D eigenvalue weighted by molar-refractivity contribution is 0.481. The number of sulfonamides is 2. The Labute approximate surface area is 606 Å². The standard InChI is InChI=1S/C64H45N11O22S9/c1-34-52(32-65)61(67-39-16-20-44(21-17-39)101(80,81)82)69-62(68-40-18-22-45(23-19-40)102(83,84)85)60(34)71-72-63-53(33-66)59(38-13-12-35-6-2-3-7-36(35)24-38)64(98-63)73-70-41-15-14-37-25-46(99(76,77)74-42-27-50-47(57(29-42)105(92,93)94)8-4-10-54(50)103(86,87)88)31-56(49(37)26-41)100(78,79)75-43-28-51-48(58(30-43)106(95,96)97)9-5-11-55(51)104(89,90)91/h2-31,53,63,74-75H,1H3,(H2,67,68,69)(H,80,81,82)(H,83,84,85)(H,86,87,88)(H,89,90,91)(H,92,93,94)(H,95,96,97)/b72-71+,73-70+. The highest BCUT2D eigenvalue weighted by atomic mass is 32.2. The number of azo groups is 2. The van der Waals surface area contributed by atoms with E-state index in [-0.39, 0.29) is 61.5 Å². The molecule has 1 aliphatic heterocycles. The second kappa shape index (κ2) is 27.6. The molecule has 1 aliphatic rings. The molecule has 0 spiro atoms. The molecule has 0 amide bonds. The third kappa shape index (κ3) is 15.5. The SMILES string of the molecule is Cc1c(C#N)c(Nc2ccc(S(=O)(=O)O)cc2)nc(Nc2ccc(S(=O)(=O)O)cc2)c1/N=N/C1SC(/N=N/c2ccc3cc(S(=O)(=O)Nc4cc(S(=O)(=O)O)c5cccc(S(=O)(=O)O)c5c4)cc(S(=O)(=O)Nc4cc(S(=O)(=O)O)c5cccc(S(=O)(=O)O)c5c4)c3c2)=C(c2ccc3ccccc3c2)C1C#N. The minimum atomic E-state index is -5.44. The number of pyridine rings is 1. The van der Waals surface area contributed by atoms with Crippen LogP contribution in [0.2, 0.25) is 0 Å². The zero-order chi connectivity index (χ0) is 76.6. The normalized spacial score (nSPS) is 15.0. The van der Waals surface area contributed by atoms with Crippen molar-refractivity contribution in [3.8, 4) is 12.1 Å². The first-order chi connectivity index (χ1) is 49.6. The smallest absolute Gasteiger partial charge is 0.295 e. The van der Waals surface area contributed by atoms with E-state index in [1.54, 1.807) is 36.4 Å². The Hall–Kier alpha value is -10.8. The number of nitriles is 2. The van der Waals surface area contributed by atoms with Crippen LogP contribution in [0.4, 0.5) is 45.8 Å². The summed E-state index contributed by atoms with van der Waals surface area (Å²) in [6.07, 6.45) is 0. The molecule has 1 aromatic heterocycles. The van der Waals surface area contributed by atoms with E-state index in [4.69, 9.17) is 0 Å². The van der Waals surface area contributed by atoms with Gasteiger partial charge in [0.1, 0.15) is 47.7 Å². The van der Waals surface area contributed by atoms with Gasteiger partial charge in [0.05, 0.1) is 48.3 Å². The van der Waals surface area contributed by atoms with Crippen LogP contribution < -0.4 is 20.1 Å². The summed E-state index contributed by atoms with van der Waals surface area (Å²) in [6, 6.07) is 39.4. The molecule has 106 heavy (non-hydrogen) atoms. The molecule has 10 aromatic carbocycles. The summed E-state index contributed by atoms with van der Waals surface area (Å²) < 4.78 is 273. The molecular weight excluding hydrogens is 1560 g/mol. The highest BCUT2D eigenvalue weighted by Crippen LogP contribution is 2.50. The number of aromatic nitrogens is 1. The van der Waals surface area contributed by atoms with Crippen LogP contribution in [0, 0.1) is 35.5 Å². The van der Waals surface area contributed by atoms with Crippen LogP contribution in [0.1, 0.15) is 16.7 Å². The largest absolute Gasteiger partial charge is 0.339 e. The first-order valence-electron chi connectivity index (χ1n) is 29.5. The number of nitrogens with one attached hydrogen (secondary N) is 4. The quantitative estimate of drug-likeness (QED) is 0.0236. The highest BCUT2D eigenvalue weighted by Gasteiger charge is 2.39. The van der Waals surface area contributed by atoms with Gasteiger partial charge in [-0.05, 0) is 144 Å². The highest BCUT2D eigenvalue weighted by molar-refractivity contribution is 8.04. The van der Waals surface area contributed by atoms with Crippen LogP contribution in [-0.4, -0.2) is 105 Å². The lowest BCUT2D eigenvalue weighted by atomic mass is 9.92. The summed E-state index contributed by atoms with van der Waals surface area (Å²) >= 11 is 0.850. The van der Waals surface area contributed by atoms with Gasteiger partial charge in [0.25, 0.3) is 80.8 Å². The summed E-state index contributed by atoms with van der Waals surface area (Å²) in [5, 5.41) is 43.2. The van der Waals surface area contributed by atoms with E-state index in [9.17, 15) is 96.8 Å². The van der Waals surface area contributed by atoms with Crippen LogP contribution in [0.5, 0.6) is 0 Å². The molecule has 11 aromatic rings. The first-order valence-corrected chi connectivity index (χ1v) is 42.0. The molecule has 0 radical (unpaired) electrons. The molecule has 0 saturated heterocycles.